The van der Waals surface area contributed by atoms with Gasteiger partial charge in [-0.3, -0.25) is 9.69 Å². The van der Waals surface area contributed by atoms with E-state index in [2.05, 4.69) is 15.5 Å². The number of carboxylic acids is 2. The monoisotopic (exact) mass is 555 g/mol. The van der Waals surface area contributed by atoms with Crippen LogP contribution in [0.1, 0.15) is 23.7 Å². The number of amides is 1. The molecule has 11 nitrogen and oxygen atoms in total. The molecular formula is C24H30ClN3O8S. The lowest BCUT2D eigenvalue weighted by Crippen LogP contribution is -2.38. The van der Waals surface area contributed by atoms with E-state index in [-0.39, 0.29) is 19.1 Å². The van der Waals surface area contributed by atoms with E-state index in [0.29, 0.717) is 21.2 Å². The first-order valence-corrected chi connectivity index (χ1v) is 12.8. The first-order chi connectivity index (χ1) is 17.7. The number of halogens is 1. The molecule has 0 unspecified atom stereocenters. The van der Waals surface area contributed by atoms with Crippen molar-refractivity contribution in [3.63, 3.8) is 0 Å². The highest BCUT2D eigenvalue weighted by Crippen LogP contribution is 2.39. The van der Waals surface area contributed by atoms with Crippen molar-refractivity contribution in [2.24, 2.45) is 0 Å². The fourth-order valence-corrected chi connectivity index (χ4v) is 4.56. The number of hydrogen-bond acceptors (Lipinski definition) is 9. The van der Waals surface area contributed by atoms with Crippen LogP contribution in [0.25, 0.3) is 11.1 Å². The zero-order chi connectivity index (χ0) is 27.2. The van der Waals surface area contributed by atoms with Crippen LogP contribution >= 0.6 is 22.9 Å². The number of esters is 1. The molecule has 2 aromatic rings. The van der Waals surface area contributed by atoms with Gasteiger partial charge in [-0.25, -0.2) is 14.4 Å². The van der Waals surface area contributed by atoms with E-state index < -0.39 is 17.9 Å². The Morgan fingerprint density at radius 1 is 1.11 bits per heavy atom. The SMILES string of the molecule is CCOC(=O)c1c(-c2ccccc2Cl)csc1NC(=O)CNCCCN1CCOCC1.O=C(O)C(=O)O. The van der Waals surface area contributed by atoms with Gasteiger partial charge in [0.1, 0.15) is 10.6 Å². The topological polar surface area (TPSA) is 154 Å². The van der Waals surface area contributed by atoms with Crippen molar-refractivity contribution in [2.75, 3.05) is 57.9 Å². The zero-order valence-corrected chi connectivity index (χ0v) is 21.9. The summed E-state index contributed by atoms with van der Waals surface area (Å²) in [7, 11) is 0. The van der Waals surface area contributed by atoms with E-state index >= 15 is 0 Å². The van der Waals surface area contributed by atoms with Crippen LogP contribution in [-0.4, -0.2) is 91.5 Å². The summed E-state index contributed by atoms with van der Waals surface area (Å²) in [4.78, 5) is 45.6. The van der Waals surface area contributed by atoms with E-state index in [4.69, 9.17) is 40.9 Å². The second-order valence-electron chi connectivity index (χ2n) is 7.70. The molecule has 202 valence electrons. The van der Waals surface area contributed by atoms with E-state index in [0.717, 1.165) is 51.4 Å². The van der Waals surface area contributed by atoms with Gasteiger partial charge in [0, 0.05) is 34.6 Å². The molecule has 1 fully saturated rings. The van der Waals surface area contributed by atoms with Gasteiger partial charge in [0.05, 0.1) is 26.4 Å². The molecule has 1 saturated heterocycles. The summed E-state index contributed by atoms with van der Waals surface area (Å²) in [5.74, 6) is -4.33. The number of carbonyl (C=O) groups excluding carboxylic acids is 2. The molecule has 2 heterocycles. The second-order valence-corrected chi connectivity index (χ2v) is 8.98. The lowest BCUT2D eigenvalue weighted by atomic mass is 10.0. The third-order valence-electron chi connectivity index (χ3n) is 5.09. The molecule has 1 aromatic heterocycles. The number of ether oxygens (including phenoxy) is 2. The molecule has 1 amide bonds. The van der Waals surface area contributed by atoms with Crippen molar-refractivity contribution in [1.29, 1.82) is 0 Å². The summed E-state index contributed by atoms with van der Waals surface area (Å²) >= 11 is 7.61. The minimum absolute atomic E-state index is 0.171. The average molecular weight is 556 g/mol. The summed E-state index contributed by atoms with van der Waals surface area (Å²) in [6.45, 7) is 7.39. The quantitative estimate of drug-likeness (QED) is 0.195. The minimum Gasteiger partial charge on any atom is -0.473 e. The van der Waals surface area contributed by atoms with Gasteiger partial charge in [-0.15, -0.1) is 11.3 Å². The largest absolute Gasteiger partial charge is 0.473 e. The predicted molar refractivity (Wildman–Crippen MR) is 139 cm³/mol. The maximum atomic E-state index is 12.6. The Balaban J connectivity index is 0.000000717. The number of rotatable bonds is 10. The molecule has 1 aliphatic heterocycles. The summed E-state index contributed by atoms with van der Waals surface area (Å²) in [6.07, 6.45) is 0.955. The van der Waals surface area contributed by atoms with Gasteiger partial charge in [-0.1, -0.05) is 29.8 Å². The first kappa shape index (κ1) is 30.2. The maximum absolute atomic E-state index is 12.6. The van der Waals surface area contributed by atoms with Gasteiger partial charge in [0.2, 0.25) is 5.91 Å². The number of hydrogen-bond donors (Lipinski definition) is 4. The highest BCUT2D eigenvalue weighted by Gasteiger charge is 2.23. The van der Waals surface area contributed by atoms with Crippen LogP contribution in [0.4, 0.5) is 5.00 Å². The number of carbonyl (C=O) groups is 4. The van der Waals surface area contributed by atoms with Crippen LogP contribution in [0.15, 0.2) is 29.6 Å². The van der Waals surface area contributed by atoms with Crippen molar-refractivity contribution in [1.82, 2.24) is 10.2 Å². The van der Waals surface area contributed by atoms with E-state index in [1.807, 2.05) is 23.6 Å². The smallest absolute Gasteiger partial charge is 0.414 e. The second kappa shape index (κ2) is 15.9. The average Bonchev–Trinajstić information content (AvgIpc) is 3.28. The van der Waals surface area contributed by atoms with Crippen LogP contribution in [0.5, 0.6) is 0 Å². The Labute approximate surface area is 223 Å². The van der Waals surface area contributed by atoms with Gasteiger partial charge < -0.3 is 30.3 Å². The fraction of sp³-hybridized carbons (Fsp3) is 0.417. The Hall–Kier alpha value is -3.03. The van der Waals surface area contributed by atoms with Crippen LogP contribution in [0.3, 0.4) is 0 Å². The molecule has 13 heteroatoms. The van der Waals surface area contributed by atoms with Gasteiger partial charge in [-0.2, -0.15) is 0 Å². The van der Waals surface area contributed by atoms with Crippen molar-refractivity contribution < 1.29 is 38.9 Å². The number of nitrogens with one attached hydrogen (secondary N) is 2. The van der Waals surface area contributed by atoms with Crippen LogP contribution in [0.2, 0.25) is 5.02 Å². The zero-order valence-electron chi connectivity index (χ0n) is 20.3. The van der Waals surface area contributed by atoms with Crippen molar-refractivity contribution in [3.8, 4) is 11.1 Å². The normalized spacial score (nSPS) is 13.2. The number of aliphatic carboxylic acids is 2. The number of thiophene rings is 1. The number of carboxylic acid groups (broad SMARTS) is 2. The van der Waals surface area contributed by atoms with Crippen LogP contribution in [0, 0.1) is 0 Å². The van der Waals surface area contributed by atoms with Gasteiger partial charge >= 0.3 is 17.9 Å². The molecule has 1 aliphatic rings. The van der Waals surface area contributed by atoms with E-state index in [1.165, 1.54) is 11.3 Å². The minimum atomic E-state index is -1.82. The molecule has 1 aromatic carbocycles. The number of benzene rings is 1. The Morgan fingerprint density at radius 3 is 2.41 bits per heavy atom. The molecule has 0 atom stereocenters. The Bertz CT molecular complexity index is 1060. The maximum Gasteiger partial charge on any atom is 0.414 e. The Kier molecular flexibility index (Phi) is 13.0. The van der Waals surface area contributed by atoms with E-state index in [9.17, 15) is 9.59 Å². The van der Waals surface area contributed by atoms with Gasteiger partial charge in [0.15, 0.2) is 0 Å². The third-order valence-corrected chi connectivity index (χ3v) is 6.31. The van der Waals surface area contributed by atoms with Crippen molar-refractivity contribution in [3.05, 3.63) is 40.2 Å². The lowest BCUT2D eigenvalue weighted by molar-refractivity contribution is -0.159. The highest BCUT2D eigenvalue weighted by atomic mass is 35.5. The molecule has 0 aliphatic carbocycles. The highest BCUT2D eigenvalue weighted by molar-refractivity contribution is 7.15. The summed E-state index contributed by atoms with van der Waals surface area (Å²) in [5.41, 5.74) is 1.72. The Morgan fingerprint density at radius 2 is 1.78 bits per heavy atom. The molecule has 3 rings (SSSR count). The van der Waals surface area contributed by atoms with Crippen LogP contribution in [-0.2, 0) is 23.9 Å². The number of morpholine rings is 1. The van der Waals surface area contributed by atoms with Crippen LogP contribution < -0.4 is 10.6 Å². The van der Waals surface area contributed by atoms with Gasteiger partial charge in [-0.05, 0) is 32.5 Å². The standard InChI is InChI=1S/C22H28ClN3O4S.C2H2O4/c1-2-30-22(28)20-17(16-6-3-4-7-18(16)23)15-31-21(20)25-19(27)14-24-8-5-9-26-10-12-29-13-11-26;3-1(4)2(5)6/h3-4,6-7,15,24H,2,5,8-14H2,1H3,(H,25,27);(H,3,4)(H,5,6). The fourth-order valence-electron chi connectivity index (χ4n) is 3.36. The van der Waals surface area contributed by atoms with Gasteiger partial charge in [0.25, 0.3) is 0 Å². The molecular weight excluding hydrogens is 526 g/mol. The summed E-state index contributed by atoms with van der Waals surface area (Å²) in [5, 5.41) is 23.6. The molecule has 37 heavy (non-hydrogen) atoms. The summed E-state index contributed by atoms with van der Waals surface area (Å²) in [6, 6.07) is 7.29. The third kappa shape index (κ3) is 10.1. The molecule has 0 spiro atoms. The van der Waals surface area contributed by atoms with Crippen molar-refractivity contribution in [2.45, 2.75) is 13.3 Å². The molecule has 0 saturated carbocycles. The van der Waals surface area contributed by atoms with Crippen molar-refractivity contribution >= 4 is 51.8 Å². The summed E-state index contributed by atoms with van der Waals surface area (Å²) < 4.78 is 10.6. The molecule has 0 radical (unpaired) electrons. The van der Waals surface area contributed by atoms with E-state index in [1.54, 1.807) is 13.0 Å². The lowest BCUT2D eigenvalue weighted by Gasteiger charge is -2.26. The number of nitrogens with zero attached hydrogens (tertiary/aromatic N) is 1. The number of anilines is 1. The molecule has 4 N–H and O–H groups in total. The first-order valence-electron chi connectivity index (χ1n) is 11.5. The predicted octanol–water partition coefficient (Wildman–Crippen LogP) is 2.65. The molecule has 0 bridgehead atoms.